The molecule has 1 aliphatic heterocycles. The topological polar surface area (TPSA) is 74.2 Å². The van der Waals surface area contributed by atoms with Crippen molar-refractivity contribution in [2.45, 2.75) is 0 Å². The van der Waals surface area contributed by atoms with Gasteiger partial charge in [-0.05, 0) is 0 Å². The summed E-state index contributed by atoms with van der Waals surface area (Å²) >= 11 is 0. The van der Waals surface area contributed by atoms with Crippen molar-refractivity contribution in [2.24, 2.45) is 0 Å². The van der Waals surface area contributed by atoms with Crippen LogP contribution < -0.4 is 16.0 Å². The maximum atomic E-state index is 11.0. The Morgan fingerprint density at radius 3 is 3.00 bits per heavy atom. The van der Waals surface area contributed by atoms with Crippen LogP contribution in [0.1, 0.15) is 0 Å². The molecule has 16 heavy (non-hydrogen) atoms. The molecule has 1 aliphatic rings. The SMILES string of the molecule is O=c1[nH]c2cc(N3CCNCC3)ncc2o1. The largest absolute Gasteiger partial charge is 0.417 e. The zero-order valence-corrected chi connectivity index (χ0v) is 8.69. The highest BCUT2D eigenvalue weighted by molar-refractivity contribution is 5.74. The molecule has 6 heteroatoms. The molecule has 3 heterocycles. The highest BCUT2D eigenvalue weighted by atomic mass is 16.4. The van der Waals surface area contributed by atoms with Gasteiger partial charge in [0.1, 0.15) is 5.82 Å². The van der Waals surface area contributed by atoms with Crippen LogP contribution in [0.15, 0.2) is 21.5 Å². The lowest BCUT2D eigenvalue weighted by Gasteiger charge is -2.28. The van der Waals surface area contributed by atoms with Crippen LogP contribution in [-0.4, -0.2) is 36.1 Å². The lowest BCUT2D eigenvalue weighted by Crippen LogP contribution is -2.43. The molecular formula is C10H12N4O2. The number of oxazole rings is 1. The van der Waals surface area contributed by atoms with Crippen LogP contribution in [0.2, 0.25) is 0 Å². The smallest absolute Gasteiger partial charge is 0.406 e. The first-order chi connectivity index (χ1) is 7.83. The zero-order valence-electron chi connectivity index (χ0n) is 8.69. The predicted octanol–water partition coefficient (Wildman–Crippen LogP) is -0.0743. The molecule has 0 saturated carbocycles. The number of aromatic amines is 1. The van der Waals surface area contributed by atoms with Crippen molar-refractivity contribution in [1.82, 2.24) is 15.3 Å². The van der Waals surface area contributed by atoms with Crippen molar-refractivity contribution in [1.29, 1.82) is 0 Å². The summed E-state index contributed by atoms with van der Waals surface area (Å²) in [6.45, 7) is 3.78. The minimum Gasteiger partial charge on any atom is -0.406 e. The number of anilines is 1. The molecule has 0 radical (unpaired) electrons. The monoisotopic (exact) mass is 220 g/mol. The van der Waals surface area contributed by atoms with E-state index in [1.807, 2.05) is 6.07 Å². The average Bonchev–Trinajstić information content (AvgIpc) is 2.69. The summed E-state index contributed by atoms with van der Waals surface area (Å²) in [4.78, 5) is 20.1. The normalized spacial score (nSPS) is 16.9. The fourth-order valence-corrected chi connectivity index (χ4v) is 1.91. The summed E-state index contributed by atoms with van der Waals surface area (Å²) in [5.74, 6) is 0.445. The number of rotatable bonds is 1. The summed E-state index contributed by atoms with van der Waals surface area (Å²) < 4.78 is 4.91. The van der Waals surface area contributed by atoms with E-state index in [2.05, 4.69) is 20.2 Å². The quantitative estimate of drug-likeness (QED) is 0.703. The van der Waals surface area contributed by atoms with E-state index < -0.39 is 5.76 Å². The molecule has 0 aromatic carbocycles. The van der Waals surface area contributed by atoms with Crippen LogP contribution in [0.25, 0.3) is 11.1 Å². The van der Waals surface area contributed by atoms with Crippen molar-refractivity contribution < 1.29 is 4.42 Å². The van der Waals surface area contributed by atoms with Gasteiger partial charge in [-0.1, -0.05) is 0 Å². The first kappa shape index (κ1) is 9.41. The van der Waals surface area contributed by atoms with Gasteiger partial charge in [-0.25, -0.2) is 9.78 Å². The van der Waals surface area contributed by atoms with Crippen molar-refractivity contribution in [3.8, 4) is 0 Å². The Morgan fingerprint density at radius 2 is 2.19 bits per heavy atom. The van der Waals surface area contributed by atoms with E-state index >= 15 is 0 Å². The summed E-state index contributed by atoms with van der Waals surface area (Å²) in [6.07, 6.45) is 1.59. The van der Waals surface area contributed by atoms with Crippen LogP contribution in [-0.2, 0) is 0 Å². The number of hydrogen-bond donors (Lipinski definition) is 2. The number of nitrogens with one attached hydrogen (secondary N) is 2. The lowest BCUT2D eigenvalue weighted by molar-refractivity contribution is 0.554. The van der Waals surface area contributed by atoms with Gasteiger partial charge in [0.2, 0.25) is 0 Å². The maximum absolute atomic E-state index is 11.0. The fraction of sp³-hybridized carbons (Fsp3) is 0.400. The molecule has 1 fully saturated rings. The van der Waals surface area contributed by atoms with E-state index in [9.17, 15) is 4.79 Å². The third kappa shape index (κ3) is 1.57. The van der Waals surface area contributed by atoms with Crippen LogP contribution in [0.5, 0.6) is 0 Å². The Morgan fingerprint density at radius 1 is 1.38 bits per heavy atom. The molecule has 6 nitrogen and oxygen atoms in total. The molecular weight excluding hydrogens is 208 g/mol. The number of aromatic nitrogens is 2. The predicted molar refractivity (Wildman–Crippen MR) is 59.7 cm³/mol. The van der Waals surface area contributed by atoms with Gasteiger partial charge in [0.25, 0.3) is 0 Å². The van der Waals surface area contributed by atoms with Crippen LogP contribution in [0, 0.1) is 0 Å². The third-order valence-corrected chi connectivity index (χ3v) is 2.73. The van der Waals surface area contributed by atoms with Crippen molar-refractivity contribution in [3.05, 3.63) is 22.8 Å². The first-order valence-corrected chi connectivity index (χ1v) is 5.27. The number of pyridine rings is 1. The van der Waals surface area contributed by atoms with E-state index in [4.69, 9.17) is 4.42 Å². The van der Waals surface area contributed by atoms with E-state index in [1.165, 1.54) is 0 Å². The Labute approximate surface area is 91.3 Å². The Hall–Kier alpha value is -1.82. The van der Waals surface area contributed by atoms with Crippen LogP contribution >= 0.6 is 0 Å². The fourth-order valence-electron chi connectivity index (χ4n) is 1.91. The molecule has 0 unspecified atom stereocenters. The second kappa shape index (κ2) is 3.64. The van der Waals surface area contributed by atoms with Gasteiger partial charge >= 0.3 is 5.76 Å². The number of H-pyrrole nitrogens is 1. The molecule has 2 N–H and O–H groups in total. The highest BCUT2D eigenvalue weighted by Gasteiger charge is 2.12. The minimum absolute atomic E-state index is 0.436. The maximum Gasteiger partial charge on any atom is 0.417 e. The van der Waals surface area contributed by atoms with Gasteiger partial charge in [0, 0.05) is 32.2 Å². The van der Waals surface area contributed by atoms with Crippen molar-refractivity contribution in [2.75, 3.05) is 31.1 Å². The number of piperazine rings is 1. The lowest BCUT2D eigenvalue weighted by atomic mass is 10.3. The molecule has 0 aliphatic carbocycles. The standard InChI is InChI=1S/C10H12N4O2/c15-10-13-7-5-9(12-6-8(7)16-10)14-3-1-11-2-4-14/h5-6,11H,1-4H2,(H,13,15). The molecule has 0 spiro atoms. The second-order valence-corrected chi connectivity index (χ2v) is 3.79. The summed E-state index contributed by atoms with van der Waals surface area (Å²) in [6, 6.07) is 1.85. The molecule has 0 atom stereocenters. The Kier molecular flexibility index (Phi) is 2.14. The van der Waals surface area contributed by atoms with Gasteiger partial charge in [0.05, 0.1) is 11.7 Å². The second-order valence-electron chi connectivity index (χ2n) is 3.79. The van der Waals surface area contributed by atoms with Crippen molar-refractivity contribution >= 4 is 16.9 Å². The van der Waals surface area contributed by atoms with E-state index in [1.54, 1.807) is 6.20 Å². The number of hydrogen-bond acceptors (Lipinski definition) is 5. The molecule has 1 saturated heterocycles. The highest BCUT2D eigenvalue weighted by Crippen LogP contribution is 2.16. The zero-order chi connectivity index (χ0) is 11.0. The van der Waals surface area contributed by atoms with Crippen LogP contribution in [0.3, 0.4) is 0 Å². The van der Waals surface area contributed by atoms with Crippen molar-refractivity contribution in [3.63, 3.8) is 0 Å². The van der Waals surface area contributed by atoms with E-state index in [0.29, 0.717) is 11.1 Å². The Bertz CT molecular complexity index is 553. The molecule has 2 aromatic rings. The van der Waals surface area contributed by atoms with Gasteiger partial charge in [-0.2, -0.15) is 0 Å². The average molecular weight is 220 g/mol. The Balaban J connectivity index is 2.00. The summed E-state index contributed by atoms with van der Waals surface area (Å²) in [5, 5.41) is 3.28. The molecule has 0 amide bonds. The third-order valence-electron chi connectivity index (χ3n) is 2.73. The van der Waals surface area contributed by atoms with Gasteiger partial charge < -0.3 is 14.6 Å². The van der Waals surface area contributed by atoms with E-state index in [0.717, 1.165) is 32.0 Å². The first-order valence-electron chi connectivity index (χ1n) is 5.27. The molecule has 3 rings (SSSR count). The number of fused-ring (bicyclic) bond motifs is 1. The minimum atomic E-state index is -0.436. The van der Waals surface area contributed by atoms with E-state index in [-0.39, 0.29) is 0 Å². The molecule has 84 valence electrons. The summed E-state index contributed by atoms with van der Waals surface area (Å²) in [5.41, 5.74) is 1.21. The van der Waals surface area contributed by atoms with Gasteiger partial charge in [-0.15, -0.1) is 0 Å². The molecule has 0 bridgehead atoms. The molecule has 2 aromatic heterocycles. The van der Waals surface area contributed by atoms with Crippen LogP contribution in [0.4, 0.5) is 5.82 Å². The van der Waals surface area contributed by atoms with Gasteiger partial charge in [-0.3, -0.25) is 4.98 Å². The number of nitrogens with zero attached hydrogens (tertiary/aromatic N) is 2. The summed E-state index contributed by atoms with van der Waals surface area (Å²) in [7, 11) is 0. The van der Waals surface area contributed by atoms with Gasteiger partial charge in [0.15, 0.2) is 5.58 Å².